The van der Waals surface area contributed by atoms with Crippen LogP contribution in [0.5, 0.6) is 0 Å². The number of nitrogens with one attached hydrogen (secondary N) is 1. The molecule has 1 aromatic carbocycles. The molecule has 114 valence electrons. The van der Waals surface area contributed by atoms with Gasteiger partial charge in [0.25, 0.3) is 0 Å². The summed E-state index contributed by atoms with van der Waals surface area (Å²) in [4.78, 5) is 17.6. The number of aromatic nitrogens is 1. The largest absolute Gasteiger partial charge is 0.361 e. The van der Waals surface area contributed by atoms with Gasteiger partial charge in [-0.25, -0.2) is 0 Å². The molecule has 2 aromatic rings. The van der Waals surface area contributed by atoms with E-state index in [0.717, 1.165) is 25.8 Å². The lowest BCUT2D eigenvalue weighted by molar-refractivity contribution is -0.133. The summed E-state index contributed by atoms with van der Waals surface area (Å²) in [5.74, 6) is 0.284. The maximum atomic E-state index is 12.3. The second kappa shape index (κ2) is 7.30. The molecule has 1 unspecified atom stereocenters. The van der Waals surface area contributed by atoms with Crippen LogP contribution in [0.1, 0.15) is 45.6 Å². The number of fused-ring (bicyclic) bond motifs is 1. The zero-order valence-corrected chi connectivity index (χ0v) is 13.4. The molecule has 21 heavy (non-hydrogen) atoms. The van der Waals surface area contributed by atoms with Crippen LogP contribution in [0, 0.1) is 0 Å². The maximum Gasteiger partial charge on any atom is 0.222 e. The molecule has 3 heteroatoms. The van der Waals surface area contributed by atoms with Gasteiger partial charge in [-0.2, -0.15) is 0 Å². The summed E-state index contributed by atoms with van der Waals surface area (Å²) in [6.45, 7) is 7.12. The summed E-state index contributed by atoms with van der Waals surface area (Å²) < 4.78 is 0. The third-order valence-corrected chi connectivity index (χ3v) is 4.30. The number of carbonyl (C=O) groups excluding carboxylic acids is 1. The Morgan fingerprint density at radius 1 is 1.29 bits per heavy atom. The zero-order valence-electron chi connectivity index (χ0n) is 13.4. The number of H-pyrrole nitrogens is 1. The van der Waals surface area contributed by atoms with Crippen molar-refractivity contribution in [2.45, 2.75) is 52.5 Å². The normalized spacial score (nSPS) is 12.5. The van der Waals surface area contributed by atoms with Crippen LogP contribution in [-0.4, -0.2) is 28.4 Å². The standard InChI is InChI=1S/C18H26N2O/c1-4-14(3)20(5-2)18(21)12-8-9-15-13-19-17-11-7-6-10-16(15)17/h6-7,10-11,13-14,19H,4-5,8-9,12H2,1-3H3. The highest BCUT2D eigenvalue weighted by atomic mass is 16.2. The van der Waals surface area contributed by atoms with E-state index in [1.165, 1.54) is 16.5 Å². The van der Waals surface area contributed by atoms with Crippen molar-refractivity contribution in [2.24, 2.45) is 0 Å². The van der Waals surface area contributed by atoms with Gasteiger partial charge in [0.1, 0.15) is 0 Å². The highest BCUT2D eigenvalue weighted by molar-refractivity contribution is 5.83. The van der Waals surface area contributed by atoms with Gasteiger partial charge in [0, 0.05) is 36.1 Å². The first-order chi connectivity index (χ1) is 10.2. The highest BCUT2D eigenvalue weighted by Crippen LogP contribution is 2.19. The summed E-state index contributed by atoms with van der Waals surface area (Å²) in [6, 6.07) is 8.67. The summed E-state index contributed by atoms with van der Waals surface area (Å²) >= 11 is 0. The van der Waals surface area contributed by atoms with Crippen LogP contribution in [0.25, 0.3) is 10.9 Å². The van der Waals surface area contributed by atoms with Crippen LogP contribution < -0.4 is 0 Å². The first kappa shape index (κ1) is 15.6. The third-order valence-electron chi connectivity index (χ3n) is 4.30. The first-order valence-corrected chi connectivity index (χ1v) is 8.01. The fraction of sp³-hybridized carbons (Fsp3) is 0.500. The number of carbonyl (C=O) groups is 1. The fourth-order valence-electron chi connectivity index (χ4n) is 2.87. The van der Waals surface area contributed by atoms with Gasteiger partial charge in [0.05, 0.1) is 0 Å². The van der Waals surface area contributed by atoms with E-state index >= 15 is 0 Å². The van der Waals surface area contributed by atoms with Crippen molar-refractivity contribution in [1.82, 2.24) is 9.88 Å². The Morgan fingerprint density at radius 3 is 2.76 bits per heavy atom. The number of para-hydroxylation sites is 1. The van der Waals surface area contributed by atoms with Crippen LogP contribution in [0.4, 0.5) is 0 Å². The molecule has 0 aliphatic rings. The second-order valence-corrected chi connectivity index (χ2v) is 5.65. The Hall–Kier alpha value is -1.77. The number of benzene rings is 1. The van der Waals surface area contributed by atoms with Crippen molar-refractivity contribution in [3.63, 3.8) is 0 Å². The maximum absolute atomic E-state index is 12.3. The molecule has 0 fully saturated rings. The van der Waals surface area contributed by atoms with Crippen molar-refractivity contribution < 1.29 is 4.79 Å². The number of aromatic amines is 1. The van der Waals surface area contributed by atoms with Gasteiger partial charge >= 0.3 is 0 Å². The predicted octanol–water partition coefficient (Wildman–Crippen LogP) is 4.14. The molecular weight excluding hydrogens is 260 g/mol. The molecule has 0 bridgehead atoms. The van der Waals surface area contributed by atoms with E-state index < -0.39 is 0 Å². The molecule has 0 aliphatic heterocycles. The molecule has 2 rings (SSSR count). The van der Waals surface area contributed by atoms with Gasteiger partial charge < -0.3 is 9.88 Å². The molecule has 1 amide bonds. The predicted molar refractivity (Wildman–Crippen MR) is 88.4 cm³/mol. The van der Waals surface area contributed by atoms with Crippen LogP contribution in [0.3, 0.4) is 0 Å². The number of rotatable bonds is 7. The molecule has 0 saturated heterocycles. The van der Waals surface area contributed by atoms with Gasteiger partial charge in [0.15, 0.2) is 0 Å². The summed E-state index contributed by atoms with van der Waals surface area (Å²) in [6.07, 6.45) is 5.59. The van der Waals surface area contributed by atoms with E-state index in [0.29, 0.717) is 12.5 Å². The minimum atomic E-state index is 0.284. The SMILES string of the molecule is CCC(C)N(CC)C(=O)CCCc1c[nH]c2ccccc12. The number of nitrogens with zero attached hydrogens (tertiary/aromatic N) is 1. The first-order valence-electron chi connectivity index (χ1n) is 8.01. The van der Waals surface area contributed by atoms with E-state index in [-0.39, 0.29) is 5.91 Å². The van der Waals surface area contributed by atoms with Crippen LogP contribution in [0.15, 0.2) is 30.5 Å². The van der Waals surface area contributed by atoms with Crippen LogP contribution >= 0.6 is 0 Å². The highest BCUT2D eigenvalue weighted by Gasteiger charge is 2.16. The Morgan fingerprint density at radius 2 is 2.05 bits per heavy atom. The number of hydrogen-bond donors (Lipinski definition) is 1. The minimum absolute atomic E-state index is 0.284. The topological polar surface area (TPSA) is 36.1 Å². The molecule has 1 heterocycles. The van der Waals surface area contributed by atoms with E-state index in [4.69, 9.17) is 0 Å². The van der Waals surface area contributed by atoms with Gasteiger partial charge in [-0.1, -0.05) is 25.1 Å². The number of hydrogen-bond acceptors (Lipinski definition) is 1. The Balaban J connectivity index is 1.90. The van der Waals surface area contributed by atoms with Crippen LogP contribution in [0.2, 0.25) is 0 Å². The smallest absolute Gasteiger partial charge is 0.222 e. The van der Waals surface area contributed by atoms with Crippen molar-refractivity contribution in [2.75, 3.05) is 6.54 Å². The summed E-state index contributed by atoms with van der Waals surface area (Å²) in [5.41, 5.74) is 2.48. The lowest BCUT2D eigenvalue weighted by atomic mass is 10.1. The lowest BCUT2D eigenvalue weighted by Gasteiger charge is -2.27. The Kier molecular flexibility index (Phi) is 5.43. The average Bonchev–Trinajstić information content (AvgIpc) is 2.91. The minimum Gasteiger partial charge on any atom is -0.361 e. The molecule has 0 spiro atoms. The van der Waals surface area contributed by atoms with Gasteiger partial charge in [0.2, 0.25) is 5.91 Å². The van der Waals surface area contributed by atoms with Crippen LogP contribution in [-0.2, 0) is 11.2 Å². The van der Waals surface area contributed by atoms with Crippen molar-refractivity contribution >= 4 is 16.8 Å². The van der Waals surface area contributed by atoms with Crippen molar-refractivity contribution in [3.05, 3.63) is 36.0 Å². The second-order valence-electron chi connectivity index (χ2n) is 5.65. The molecule has 1 atom stereocenters. The Bertz CT molecular complexity index is 588. The molecule has 1 N–H and O–H groups in total. The monoisotopic (exact) mass is 286 g/mol. The summed E-state index contributed by atoms with van der Waals surface area (Å²) in [7, 11) is 0. The fourth-order valence-corrected chi connectivity index (χ4v) is 2.87. The van der Waals surface area contributed by atoms with E-state index in [1.54, 1.807) is 0 Å². The van der Waals surface area contributed by atoms with E-state index in [1.807, 2.05) is 11.0 Å². The van der Waals surface area contributed by atoms with Crippen molar-refractivity contribution in [1.29, 1.82) is 0 Å². The van der Waals surface area contributed by atoms with Gasteiger partial charge in [-0.15, -0.1) is 0 Å². The van der Waals surface area contributed by atoms with Gasteiger partial charge in [-0.05, 0) is 44.7 Å². The number of amides is 1. The van der Waals surface area contributed by atoms with Gasteiger partial charge in [-0.3, -0.25) is 4.79 Å². The average molecular weight is 286 g/mol. The molecule has 0 saturated carbocycles. The number of aryl methyl sites for hydroxylation is 1. The molecule has 0 radical (unpaired) electrons. The molecular formula is C18H26N2O. The van der Waals surface area contributed by atoms with E-state index in [9.17, 15) is 4.79 Å². The molecule has 3 nitrogen and oxygen atoms in total. The molecule has 1 aromatic heterocycles. The molecule has 0 aliphatic carbocycles. The zero-order chi connectivity index (χ0) is 15.2. The van der Waals surface area contributed by atoms with Crippen molar-refractivity contribution in [3.8, 4) is 0 Å². The Labute approximate surface area is 127 Å². The third kappa shape index (κ3) is 3.66. The summed E-state index contributed by atoms with van der Waals surface area (Å²) in [5, 5.41) is 1.28. The van der Waals surface area contributed by atoms with E-state index in [2.05, 4.69) is 50.2 Å². The quantitative estimate of drug-likeness (QED) is 0.816. The lowest BCUT2D eigenvalue weighted by Crippen LogP contribution is -2.37.